The number of benzene rings is 1. The number of hydrogen-bond acceptors (Lipinski definition) is 3. The first-order chi connectivity index (χ1) is 7.72. The minimum Gasteiger partial charge on any atom is -0.495 e. The van der Waals surface area contributed by atoms with E-state index in [2.05, 4.69) is 12.2 Å². The summed E-state index contributed by atoms with van der Waals surface area (Å²) in [5.41, 5.74) is 0.974. The Labute approximate surface area is 101 Å². The molecule has 0 aliphatic rings. The van der Waals surface area contributed by atoms with Crippen LogP contribution in [-0.4, -0.2) is 25.4 Å². The van der Waals surface area contributed by atoms with Crippen molar-refractivity contribution in [1.29, 1.82) is 0 Å². The van der Waals surface area contributed by atoms with E-state index in [9.17, 15) is 5.11 Å². The number of rotatable bonds is 6. The molecule has 0 bridgehead atoms. The molecule has 1 atom stereocenters. The van der Waals surface area contributed by atoms with Gasteiger partial charge in [0.2, 0.25) is 0 Å². The van der Waals surface area contributed by atoms with Crippen molar-refractivity contribution in [3.05, 3.63) is 28.8 Å². The highest BCUT2D eigenvalue weighted by atomic mass is 35.5. The van der Waals surface area contributed by atoms with E-state index in [0.29, 0.717) is 10.8 Å². The lowest BCUT2D eigenvalue weighted by molar-refractivity contribution is 0.245. The summed E-state index contributed by atoms with van der Waals surface area (Å²) in [5.74, 6) is 0.651. The van der Waals surface area contributed by atoms with Crippen LogP contribution in [0, 0.1) is 0 Å². The molecule has 0 spiro atoms. The van der Waals surface area contributed by atoms with Crippen LogP contribution in [0.2, 0.25) is 5.02 Å². The van der Waals surface area contributed by atoms with Gasteiger partial charge < -0.3 is 15.2 Å². The summed E-state index contributed by atoms with van der Waals surface area (Å²) < 4.78 is 5.08. The summed E-state index contributed by atoms with van der Waals surface area (Å²) in [7, 11) is 1.58. The molecule has 4 heteroatoms. The van der Waals surface area contributed by atoms with Crippen LogP contribution in [0.4, 0.5) is 0 Å². The number of nitrogens with one attached hydrogen (secondary N) is 1. The van der Waals surface area contributed by atoms with Gasteiger partial charge in [-0.25, -0.2) is 0 Å². The molecule has 0 aliphatic carbocycles. The molecule has 0 saturated heterocycles. The molecule has 3 nitrogen and oxygen atoms in total. The highest BCUT2D eigenvalue weighted by molar-refractivity contribution is 6.32. The van der Waals surface area contributed by atoms with Gasteiger partial charge in [-0.1, -0.05) is 24.6 Å². The van der Waals surface area contributed by atoms with Crippen molar-refractivity contribution in [2.24, 2.45) is 0 Å². The zero-order chi connectivity index (χ0) is 12.0. The first-order valence-corrected chi connectivity index (χ1v) is 5.78. The molecule has 2 N–H and O–H groups in total. The number of aliphatic hydroxyl groups is 1. The quantitative estimate of drug-likeness (QED) is 0.806. The highest BCUT2D eigenvalue weighted by Crippen LogP contribution is 2.27. The molecular weight excluding hydrogens is 226 g/mol. The van der Waals surface area contributed by atoms with Crippen LogP contribution in [0.3, 0.4) is 0 Å². The summed E-state index contributed by atoms with van der Waals surface area (Å²) in [6.45, 7) is 3.01. The lowest BCUT2D eigenvalue weighted by Crippen LogP contribution is -2.25. The van der Waals surface area contributed by atoms with Crippen LogP contribution < -0.4 is 10.1 Å². The second kappa shape index (κ2) is 6.74. The first-order valence-electron chi connectivity index (χ1n) is 5.40. The summed E-state index contributed by atoms with van der Waals surface area (Å²) in [6.07, 6.45) is 1.03. The summed E-state index contributed by atoms with van der Waals surface area (Å²) >= 11 is 6.03. The second-order valence-corrected chi connectivity index (χ2v) is 3.99. The summed E-state index contributed by atoms with van der Waals surface area (Å²) in [5, 5.41) is 13.1. The molecule has 1 rings (SSSR count). The fraction of sp³-hybridized carbons (Fsp3) is 0.500. The first kappa shape index (κ1) is 13.3. The Morgan fingerprint density at radius 2 is 2.25 bits per heavy atom. The SMILES string of the molecule is CCCNC(CO)c1ccc(OC)c(Cl)c1. The molecule has 1 aromatic carbocycles. The Hall–Kier alpha value is -0.770. The topological polar surface area (TPSA) is 41.5 Å². The zero-order valence-corrected chi connectivity index (χ0v) is 10.4. The largest absolute Gasteiger partial charge is 0.495 e. The van der Waals surface area contributed by atoms with Crippen LogP contribution in [0.25, 0.3) is 0 Å². The third kappa shape index (κ3) is 3.37. The monoisotopic (exact) mass is 243 g/mol. The Balaban J connectivity index is 2.80. The van der Waals surface area contributed by atoms with E-state index >= 15 is 0 Å². The van der Waals surface area contributed by atoms with Gasteiger partial charge in [0, 0.05) is 0 Å². The lowest BCUT2D eigenvalue weighted by Gasteiger charge is -2.17. The molecule has 0 amide bonds. The molecule has 1 unspecified atom stereocenters. The van der Waals surface area contributed by atoms with Gasteiger partial charge in [0.1, 0.15) is 5.75 Å². The number of ether oxygens (including phenoxy) is 1. The Kier molecular flexibility index (Phi) is 5.60. The Morgan fingerprint density at radius 1 is 1.50 bits per heavy atom. The highest BCUT2D eigenvalue weighted by Gasteiger charge is 2.11. The van der Waals surface area contributed by atoms with Crippen molar-refractivity contribution in [3.8, 4) is 5.75 Å². The summed E-state index contributed by atoms with van der Waals surface area (Å²) in [6, 6.07) is 5.48. The van der Waals surface area contributed by atoms with Gasteiger partial charge in [0.25, 0.3) is 0 Å². The lowest BCUT2D eigenvalue weighted by atomic mass is 10.1. The average Bonchev–Trinajstić information content (AvgIpc) is 2.30. The average molecular weight is 244 g/mol. The van der Waals surface area contributed by atoms with Crippen LogP contribution >= 0.6 is 11.6 Å². The molecule has 90 valence electrons. The predicted octanol–water partition coefficient (Wildman–Crippen LogP) is 2.38. The number of hydrogen-bond donors (Lipinski definition) is 2. The molecule has 0 aromatic heterocycles. The maximum Gasteiger partial charge on any atom is 0.137 e. The van der Waals surface area contributed by atoms with Gasteiger partial charge in [-0.2, -0.15) is 0 Å². The van der Waals surface area contributed by atoms with Gasteiger partial charge in [0.05, 0.1) is 24.8 Å². The maximum atomic E-state index is 9.29. The predicted molar refractivity (Wildman–Crippen MR) is 66.1 cm³/mol. The van der Waals surface area contributed by atoms with Crippen molar-refractivity contribution >= 4 is 11.6 Å². The van der Waals surface area contributed by atoms with Crippen LogP contribution in [0.5, 0.6) is 5.75 Å². The van der Waals surface area contributed by atoms with Gasteiger partial charge in [-0.15, -0.1) is 0 Å². The number of methoxy groups -OCH3 is 1. The van der Waals surface area contributed by atoms with Crippen LogP contribution in [-0.2, 0) is 0 Å². The zero-order valence-electron chi connectivity index (χ0n) is 9.66. The smallest absolute Gasteiger partial charge is 0.137 e. The van der Waals surface area contributed by atoms with E-state index in [-0.39, 0.29) is 12.6 Å². The Morgan fingerprint density at radius 3 is 2.75 bits per heavy atom. The van der Waals surface area contributed by atoms with E-state index in [1.54, 1.807) is 7.11 Å². The molecule has 0 saturated carbocycles. The third-order valence-corrected chi connectivity index (χ3v) is 2.70. The van der Waals surface area contributed by atoms with Gasteiger partial charge in [-0.3, -0.25) is 0 Å². The molecule has 0 radical (unpaired) electrons. The molecule has 0 aliphatic heterocycles. The van der Waals surface area contributed by atoms with Gasteiger partial charge >= 0.3 is 0 Å². The summed E-state index contributed by atoms with van der Waals surface area (Å²) in [4.78, 5) is 0. The standard InChI is InChI=1S/C12H18ClNO2/c1-3-6-14-11(8-15)9-4-5-12(16-2)10(13)7-9/h4-5,7,11,14-15H,3,6,8H2,1-2H3. The van der Waals surface area contributed by atoms with Crippen molar-refractivity contribution in [2.75, 3.05) is 20.3 Å². The molecule has 0 heterocycles. The molecular formula is C12H18ClNO2. The van der Waals surface area contributed by atoms with E-state index < -0.39 is 0 Å². The van der Waals surface area contributed by atoms with Gasteiger partial charge in [-0.05, 0) is 30.7 Å². The number of halogens is 1. The maximum absolute atomic E-state index is 9.29. The van der Waals surface area contributed by atoms with Crippen molar-refractivity contribution < 1.29 is 9.84 Å². The minimum absolute atomic E-state index is 0.0582. The number of aliphatic hydroxyl groups excluding tert-OH is 1. The van der Waals surface area contributed by atoms with E-state index in [0.717, 1.165) is 18.5 Å². The van der Waals surface area contributed by atoms with E-state index in [1.165, 1.54) is 0 Å². The fourth-order valence-corrected chi connectivity index (χ4v) is 1.77. The molecule has 0 fully saturated rings. The Bertz CT molecular complexity index is 331. The minimum atomic E-state index is -0.0663. The normalized spacial score (nSPS) is 12.5. The third-order valence-electron chi connectivity index (χ3n) is 2.40. The van der Waals surface area contributed by atoms with Gasteiger partial charge in [0.15, 0.2) is 0 Å². The van der Waals surface area contributed by atoms with Crippen molar-refractivity contribution in [3.63, 3.8) is 0 Å². The van der Waals surface area contributed by atoms with Crippen molar-refractivity contribution in [1.82, 2.24) is 5.32 Å². The van der Waals surface area contributed by atoms with E-state index in [1.807, 2.05) is 18.2 Å². The van der Waals surface area contributed by atoms with E-state index in [4.69, 9.17) is 16.3 Å². The molecule has 1 aromatic rings. The van der Waals surface area contributed by atoms with Crippen molar-refractivity contribution in [2.45, 2.75) is 19.4 Å². The molecule has 16 heavy (non-hydrogen) atoms. The second-order valence-electron chi connectivity index (χ2n) is 3.58. The van der Waals surface area contributed by atoms with Crippen LogP contribution in [0.15, 0.2) is 18.2 Å². The fourth-order valence-electron chi connectivity index (χ4n) is 1.51. The van der Waals surface area contributed by atoms with Crippen LogP contribution in [0.1, 0.15) is 24.9 Å².